The van der Waals surface area contributed by atoms with Gasteiger partial charge in [-0.1, -0.05) is 24.8 Å². The average Bonchev–Trinajstić information content (AvgIpc) is 2.80. The Hall–Kier alpha value is -2.77. The predicted octanol–water partition coefficient (Wildman–Crippen LogP) is 4.38. The second-order valence-corrected chi connectivity index (χ2v) is 7.74. The Labute approximate surface area is 160 Å². The maximum absolute atomic E-state index is 12.9. The van der Waals surface area contributed by atoms with Gasteiger partial charge in [0, 0.05) is 18.5 Å². The number of ether oxygens (including phenoxy) is 1. The van der Waals surface area contributed by atoms with Crippen LogP contribution in [-0.4, -0.2) is 46.3 Å². The lowest BCUT2D eigenvalue weighted by molar-refractivity contribution is -0.184. The molecule has 1 aromatic carbocycles. The van der Waals surface area contributed by atoms with Gasteiger partial charge >= 0.3 is 18.2 Å². The number of carbonyl (C=O) groups is 2. The third kappa shape index (κ3) is 3.63. The van der Waals surface area contributed by atoms with Crippen molar-refractivity contribution in [3.63, 3.8) is 0 Å². The summed E-state index contributed by atoms with van der Waals surface area (Å²) in [6, 6.07) is 7.10. The number of hydrogen-bond donors (Lipinski definition) is 0. The predicted molar refractivity (Wildman–Crippen MR) is 98.9 cm³/mol. The Morgan fingerprint density at radius 3 is 2.39 bits per heavy atom. The fraction of sp³-hybridized carbons (Fsp3) is 0.400. The number of rotatable bonds is 0. The maximum atomic E-state index is 12.9. The summed E-state index contributed by atoms with van der Waals surface area (Å²) in [5, 5.41) is 0.728. The molecule has 0 aliphatic carbocycles. The fourth-order valence-electron chi connectivity index (χ4n) is 3.41. The summed E-state index contributed by atoms with van der Waals surface area (Å²) in [6.45, 7) is 8.63. The molecular weight excluding hydrogens is 373 g/mol. The molecule has 0 atom stereocenters. The van der Waals surface area contributed by atoms with Gasteiger partial charge in [0.05, 0.1) is 11.2 Å². The van der Waals surface area contributed by atoms with E-state index < -0.39 is 23.8 Å². The molecule has 0 N–H and O–H groups in total. The SMILES string of the molecule is C=C1CN(C(=O)C(F)(F)F)CCc2c1n(C(=O)OC(C)(C)C)c1ccccc21. The fourth-order valence-corrected chi connectivity index (χ4v) is 3.41. The largest absolute Gasteiger partial charge is 0.471 e. The third-order valence-corrected chi connectivity index (χ3v) is 4.43. The normalized spacial score (nSPS) is 15.4. The Morgan fingerprint density at radius 1 is 1.14 bits per heavy atom. The Balaban J connectivity index is 2.11. The van der Waals surface area contributed by atoms with Crippen LogP contribution in [0.4, 0.5) is 18.0 Å². The summed E-state index contributed by atoms with van der Waals surface area (Å²) in [7, 11) is 0. The van der Waals surface area contributed by atoms with E-state index in [1.54, 1.807) is 45.0 Å². The van der Waals surface area contributed by atoms with Gasteiger partial charge in [-0.25, -0.2) is 9.36 Å². The molecule has 1 aliphatic heterocycles. The molecule has 2 heterocycles. The van der Waals surface area contributed by atoms with Crippen LogP contribution in [0.25, 0.3) is 16.5 Å². The van der Waals surface area contributed by atoms with Crippen molar-refractivity contribution >= 4 is 28.5 Å². The smallest absolute Gasteiger partial charge is 0.443 e. The van der Waals surface area contributed by atoms with Crippen molar-refractivity contribution in [1.29, 1.82) is 0 Å². The number of benzene rings is 1. The molecule has 1 aliphatic rings. The summed E-state index contributed by atoms with van der Waals surface area (Å²) < 4.78 is 45.5. The molecule has 0 saturated heterocycles. The van der Waals surface area contributed by atoms with Gasteiger partial charge in [0.25, 0.3) is 0 Å². The molecule has 0 saturated carbocycles. The molecule has 0 unspecified atom stereocenters. The monoisotopic (exact) mass is 394 g/mol. The topological polar surface area (TPSA) is 51.5 Å². The van der Waals surface area contributed by atoms with E-state index in [9.17, 15) is 22.8 Å². The van der Waals surface area contributed by atoms with Crippen LogP contribution >= 0.6 is 0 Å². The zero-order valence-electron chi connectivity index (χ0n) is 15.9. The van der Waals surface area contributed by atoms with Crippen molar-refractivity contribution in [3.05, 3.63) is 42.1 Å². The van der Waals surface area contributed by atoms with Crippen molar-refractivity contribution in [1.82, 2.24) is 9.47 Å². The van der Waals surface area contributed by atoms with E-state index in [1.807, 2.05) is 0 Å². The summed E-state index contributed by atoms with van der Waals surface area (Å²) in [4.78, 5) is 25.3. The Bertz CT molecular complexity index is 967. The van der Waals surface area contributed by atoms with Gasteiger partial charge in [-0.15, -0.1) is 0 Å². The van der Waals surface area contributed by atoms with E-state index in [-0.39, 0.29) is 25.1 Å². The molecule has 3 rings (SSSR count). The van der Waals surface area contributed by atoms with Gasteiger partial charge in [0.2, 0.25) is 0 Å². The highest BCUT2D eigenvalue weighted by Crippen LogP contribution is 2.35. The molecule has 0 fully saturated rings. The Morgan fingerprint density at radius 2 is 1.79 bits per heavy atom. The first kappa shape index (κ1) is 20.0. The van der Waals surface area contributed by atoms with Gasteiger partial charge in [0.15, 0.2) is 0 Å². The quantitative estimate of drug-likeness (QED) is 0.666. The number of carbonyl (C=O) groups excluding carboxylic acids is 2. The molecule has 1 amide bonds. The van der Waals surface area contributed by atoms with E-state index in [0.717, 1.165) is 10.3 Å². The van der Waals surface area contributed by atoms with E-state index >= 15 is 0 Å². The van der Waals surface area contributed by atoms with Gasteiger partial charge < -0.3 is 9.64 Å². The van der Waals surface area contributed by atoms with Crippen LogP contribution in [0.1, 0.15) is 32.0 Å². The number of alkyl halides is 3. The molecule has 28 heavy (non-hydrogen) atoms. The minimum atomic E-state index is -4.96. The van der Waals surface area contributed by atoms with E-state index in [0.29, 0.717) is 16.8 Å². The summed E-state index contributed by atoms with van der Waals surface area (Å²) in [6.07, 6.45) is -5.42. The Kier molecular flexibility index (Phi) is 4.77. The number of nitrogens with zero attached hydrogens (tertiary/aromatic N) is 2. The second-order valence-electron chi connectivity index (χ2n) is 7.74. The number of amides is 1. The summed E-state index contributed by atoms with van der Waals surface area (Å²) in [5.74, 6) is -1.91. The lowest BCUT2D eigenvalue weighted by atomic mass is 10.1. The van der Waals surface area contributed by atoms with Gasteiger partial charge in [-0.2, -0.15) is 13.2 Å². The first-order valence-electron chi connectivity index (χ1n) is 8.80. The second kappa shape index (κ2) is 6.68. The summed E-state index contributed by atoms with van der Waals surface area (Å²) in [5.41, 5.74) is 1.20. The minimum absolute atomic E-state index is 0.118. The van der Waals surface area contributed by atoms with E-state index in [2.05, 4.69) is 6.58 Å². The first-order valence-corrected chi connectivity index (χ1v) is 8.80. The van der Waals surface area contributed by atoms with Crippen molar-refractivity contribution < 1.29 is 27.5 Å². The standard InChI is InChI=1S/C20H21F3N2O3/c1-12-11-24(17(26)20(21,22)23)10-9-14-13-7-5-6-8-15(13)25(16(12)14)18(27)28-19(2,3)4/h5-8H,1,9-11H2,2-4H3. The lowest BCUT2D eigenvalue weighted by Crippen LogP contribution is -2.42. The van der Waals surface area contributed by atoms with Crippen LogP contribution in [0, 0.1) is 0 Å². The lowest BCUT2D eigenvalue weighted by Gasteiger charge is -2.23. The van der Waals surface area contributed by atoms with Crippen molar-refractivity contribution in [2.45, 2.75) is 39.0 Å². The van der Waals surface area contributed by atoms with Gasteiger partial charge in [-0.05, 0) is 44.4 Å². The molecular formula is C20H21F3N2O3. The summed E-state index contributed by atoms with van der Waals surface area (Å²) >= 11 is 0. The highest BCUT2D eigenvalue weighted by atomic mass is 19.4. The zero-order chi connectivity index (χ0) is 20.9. The minimum Gasteiger partial charge on any atom is -0.443 e. The van der Waals surface area contributed by atoms with Crippen LogP contribution in [-0.2, 0) is 16.0 Å². The molecule has 150 valence electrons. The van der Waals surface area contributed by atoms with Crippen molar-refractivity contribution in [2.24, 2.45) is 0 Å². The van der Waals surface area contributed by atoms with Crippen molar-refractivity contribution in [2.75, 3.05) is 13.1 Å². The van der Waals surface area contributed by atoms with Crippen LogP contribution in [0.5, 0.6) is 0 Å². The van der Waals surface area contributed by atoms with Crippen LogP contribution in [0.15, 0.2) is 30.8 Å². The highest BCUT2D eigenvalue weighted by molar-refractivity contribution is 5.98. The number of aromatic nitrogens is 1. The number of fused-ring (bicyclic) bond motifs is 3. The highest BCUT2D eigenvalue weighted by Gasteiger charge is 2.43. The van der Waals surface area contributed by atoms with Crippen LogP contribution < -0.4 is 0 Å². The van der Waals surface area contributed by atoms with Crippen molar-refractivity contribution in [3.8, 4) is 0 Å². The third-order valence-electron chi connectivity index (χ3n) is 4.43. The van der Waals surface area contributed by atoms with Crippen LogP contribution in [0.3, 0.4) is 0 Å². The first-order chi connectivity index (χ1) is 12.9. The molecule has 2 aromatic rings. The molecule has 1 aromatic heterocycles. The number of para-hydroxylation sites is 1. The molecule has 0 spiro atoms. The van der Waals surface area contributed by atoms with E-state index in [4.69, 9.17) is 4.74 Å². The molecule has 0 radical (unpaired) electrons. The number of halogens is 3. The van der Waals surface area contributed by atoms with Gasteiger partial charge in [-0.3, -0.25) is 4.79 Å². The average molecular weight is 394 g/mol. The van der Waals surface area contributed by atoms with E-state index in [1.165, 1.54) is 4.57 Å². The maximum Gasteiger partial charge on any atom is 0.471 e. The number of hydrogen-bond acceptors (Lipinski definition) is 3. The molecule has 5 nitrogen and oxygen atoms in total. The molecule has 8 heteroatoms. The van der Waals surface area contributed by atoms with Crippen LogP contribution in [0.2, 0.25) is 0 Å². The molecule has 0 bridgehead atoms. The van der Waals surface area contributed by atoms with Gasteiger partial charge in [0.1, 0.15) is 5.60 Å². The zero-order valence-corrected chi connectivity index (χ0v) is 15.9.